The Morgan fingerprint density at radius 1 is 1.21 bits per heavy atom. The normalized spacial score (nSPS) is 25.1. The molecule has 2 atom stereocenters. The molecule has 2 heterocycles. The third kappa shape index (κ3) is 2.70. The van der Waals surface area contributed by atoms with Gasteiger partial charge in [0, 0.05) is 26.2 Å². The number of rotatable bonds is 1. The summed E-state index contributed by atoms with van der Waals surface area (Å²) in [6.45, 7) is 3.66. The van der Waals surface area contributed by atoms with Gasteiger partial charge in [-0.3, -0.25) is 4.79 Å². The zero-order valence-electron chi connectivity index (χ0n) is 10.2. The van der Waals surface area contributed by atoms with Crippen molar-refractivity contribution in [1.82, 2.24) is 10.2 Å². The van der Waals surface area contributed by atoms with Crippen molar-refractivity contribution >= 4 is 41.5 Å². The second-order valence-corrected chi connectivity index (χ2v) is 5.78. The molecule has 19 heavy (non-hydrogen) atoms. The van der Waals surface area contributed by atoms with Gasteiger partial charge in [0.05, 0.1) is 15.6 Å². The van der Waals surface area contributed by atoms with Gasteiger partial charge in [0.15, 0.2) is 0 Å². The highest BCUT2D eigenvalue weighted by Crippen LogP contribution is 2.31. The molecule has 0 aromatic heterocycles. The van der Waals surface area contributed by atoms with Crippen LogP contribution in [-0.4, -0.2) is 37.0 Å². The lowest BCUT2D eigenvalue weighted by molar-refractivity contribution is 0.0782. The van der Waals surface area contributed by atoms with E-state index in [1.165, 1.54) is 0 Å². The van der Waals surface area contributed by atoms with E-state index in [9.17, 15) is 4.79 Å². The monoisotopic (exact) mass is 320 g/mol. The first-order valence-electron chi connectivity index (χ1n) is 6.11. The van der Waals surface area contributed by atoms with Crippen LogP contribution in [0.1, 0.15) is 10.4 Å². The van der Waals surface area contributed by atoms with Crippen LogP contribution in [0.15, 0.2) is 18.2 Å². The molecule has 1 N–H and O–H groups in total. The highest BCUT2D eigenvalue weighted by Gasteiger charge is 2.38. The Bertz CT molecular complexity index is 483. The van der Waals surface area contributed by atoms with Gasteiger partial charge < -0.3 is 10.2 Å². The number of carbonyl (C=O) groups excluding carboxylic acids is 1. The van der Waals surface area contributed by atoms with E-state index in [1.54, 1.807) is 18.2 Å². The highest BCUT2D eigenvalue weighted by molar-refractivity contribution is 6.43. The van der Waals surface area contributed by atoms with Crippen LogP contribution >= 0.6 is 35.6 Å². The summed E-state index contributed by atoms with van der Waals surface area (Å²) in [5, 5.41) is 4.15. The molecule has 0 radical (unpaired) electrons. The van der Waals surface area contributed by atoms with Gasteiger partial charge in [0.2, 0.25) is 0 Å². The molecule has 104 valence electrons. The fourth-order valence-electron chi connectivity index (χ4n) is 2.86. The molecule has 6 heteroatoms. The number of nitrogens with one attached hydrogen (secondary N) is 1. The molecular weight excluding hydrogens is 307 g/mol. The molecule has 2 aliphatic rings. The van der Waals surface area contributed by atoms with Crippen LogP contribution < -0.4 is 5.32 Å². The van der Waals surface area contributed by atoms with Gasteiger partial charge >= 0.3 is 0 Å². The standard InChI is InChI=1S/C13H14Cl2N2O.ClH/c14-11-3-1-2-10(12(11)15)13(18)17-6-8-4-16-5-9(8)7-17;/h1-3,8-9,16H,4-7H2;1H/t8-,9+;. The Labute approximate surface area is 128 Å². The Balaban J connectivity index is 0.00000133. The maximum atomic E-state index is 12.4. The molecule has 0 unspecified atom stereocenters. The Morgan fingerprint density at radius 3 is 2.47 bits per heavy atom. The third-order valence-electron chi connectivity index (χ3n) is 3.86. The van der Waals surface area contributed by atoms with Crippen molar-refractivity contribution in [2.75, 3.05) is 26.2 Å². The summed E-state index contributed by atoms with van der Waals surface area (Å²) in [4.78, 5) is 14.3. The van der Waals surface area contributed by atoms with Crippen molar-refractivity contribution in [3.8, 4) is 0 Å². The van der Waals surface area contributed by atoms with E-state index in [0.29, 0.717) is 27.4 Å². The van der Waals surface area contributed by atoms with Gasteiger partial charge in [-0.1, -0.05) is 29.3 Å². The SMILES string of the molecule is Cl.O=C(c1cccc(Cl)c1Cl)N1C[C@H]2CNC[C@H]2C1. The maximum absolute atomic E-state index is 12.4. The van der Waals surface area contributed by atoms with Crippen LogP contribution in [-0.2, 0) is 0 Å². The number of fused-ring (bicyclic) bond motifs is 1. The van der Waals surface area contributed by atoms with Gasteiger partial charge in [0.1, 0.15) is 0 Å². The quantitative estimate of drug-likeness (QED) is 0.862. The summed E-state index contributed by atoms with van der Waals surface area (Å²) < 4.78 is 0. The summed E-state index contributed by atoms with van der Waals surface area (Å²) >= 11 is 12.0. The van der Waals surface area contributed by atoms with Crippen LogP contribution in [0, 0.1) is 11.8 Å². The molecule has 2 saturated heterocycles. The first-order valence-corrected chi connectivity index (χ1v) is 6.86. The number of nitrogens with zero attached hydrogens (tertiary/aromatic N) is 1. The lowest BCUT2D eigenvalue weighted by Crippen LogP contribution is -2.32. The minimum atomic E-state index is -0.00287. The summed E-state index contributed by atoms with van der Waals surface area (Å²) in [5.74, 6) is 1.18. The molecule has 2 aliphatic heterocycles. The summed E-state index contributed by atoms with van der Waals surface area (Å²) in [6, 6.07) is 5.20. The summed E-state index contributed by atoms with van der Waals surface area (Å²) in [7, 11) is 0. The fraction of sp³-hybridized carbons (Fsp3) is 0.462. The van der Waals surface area contributed by atoms with Gasteiger partial charge in [-0.2, -0.15) is 0 Å². The van der Waals surface area contributed by atoms with Crippen molar-refractivity contribution in [2.45, 2.75) is 0 Å². The second-order valence-electron chi connectivity index (χ2n) is 4.99. The van der Waals surface area contributed by atoms with Crippen LogP contribution in [0.3, 0.4) is 0 Å². The number of likely N-dealkylation sites (tertiary alicyclic amines) is 1. The lowest BCUT2D eigenvalue weighted by atomic mass is 10.0. The first kappa shape index (κ1) is 14.9. The van der Waals surface area contributed by atoms with E-state index < -0.39 is 0 Å². The second kappa shape index (κ2) is 5.88. The van der Waals surface area contributed by atoms with Crippen molar-refractivity contribution in [1.29, 1.82) is 0 Å². The average molecular weight is 322 g/mol. The molecule has 1 aromatic carbocycles. The van der Waals surface area contributed by atoms with E-state index in [0.717, 1.165) is 26.2 Å². The number of hydrogen-bond donors (Lipinski definition) is 1. The molecule has 2 fully saturated rings. The van der Waals surface area contributed by atoms with Crippen molar-refractivity contribution < 1.29 is 4.79 Å². The van der Waals surface area contributed by atoms with E-state index >= 15 is 0 Å². The van der Waals surface area contributed by atoms with Crippen molar-refractivity contribution in [3.63, 3.8) is 0 Å². The smallest absolute Gasteiger partial charge is 0.255 e. The zero-order valence-corrected chi connectivity index (χ0v) is 12.6. The molecule has 0 spiro atoms. The average Bonchev–Trinajstić information content (AvgIpc) is 2.92. The van der Waals surface area contributed by atoms with Gasteiger partial charge in [0.25, 0.3) is 5.91 Å². The first-order chi connectivity index (χ1) is 8.66. The third-order valence-corrected chi connectivity index (χ3v) is 4.68. The molecule has 0 saturated carbocycles. The number of amides is 1. The molecular formula is C13H15Cl3N2O. The molecule has 1 amide bonds. The van der Waals surface area contributed by atoms with Crippen LogP contribution in [0.5, 0.6) is 0 Å². The Morgan fingerprint density at radius 2 is 1.84 bits per heavy atom. The Hall–Kier alpha value is -0.480. The fourth-order valence-corrected chi connectivity index (χ4v) is 3.24. The highest BCUT2D eigenvalue weighted by atomic mass is 35.5. The molecule has 0 aliphatic carbocycles. The lowest BCUT2D eigenvalue weighted by Gasteiger charge is -2.18. The number of benzene rings is 1. The van der Waals surface area contributed by atoms with Crippen molar-refractivity contribution in [3.05, 3.63) is 33.8 Å². The maximum Gasteiger partial charge on any atom is 0.255 e. The summed E-state index contributed by atoms with van der Waals surface area (Å²) in [6.07, 6.45) is 0. The largest absolute Gasteiger partial charge is 0.338 e. The van der Waals surface area contributed by atoms with E-state index in [2.05, 4.69) is 5.32 Å². The number of carbonyl (C=O) groups is 1. The minimum Gasteiger partial charge on any atom is -0.338 e. The predicted octanol–water partition coefficient (Wildman–Crippen LogP) is 2.71. The number of hydrogen-bond acceptors (Lipinski definition) is 2. The summed E-state index contributed by atoms with van der Waals surface area (Å²) in [5.41, 5.74) is 0.511. The number of halogens is 3. The Kier molecular flexibility index (Phi) is 4.62. The molecule has 1 aromatic rings. The van der Waals surface area contributed by atoms with Crippen LogP contribution in [0.2, 0.25) is 10.0 Å². The van der Waals surface area contributed by atoms with Gasteiger partial charge in [-0.25, -0.2) is 0 Å². The van der Waals surface area contributed by atoms with Gasteiger partial charge in [-0.05, 0) is 24.0 Å². The van der Waals surface area contributed by atoms with Crippen LogP contribution in [0.4, 0.5) is 0 Å². The van der Waals surface area contributed by atoms with Crippen LogP contribution in [0.25, 0.3) is 0 Å². The predicted molar refractivity (Wildman–Crippen MR) is 79.5 cm³/mol. The van der Waals surface area contributed by atoms with E-state index in [1.807, 2.05) is 4.90 Å². The molecule has 0 bridgehead atoms. The molecule has 3 nitrogen and oxygen atoms in total. The molecule has 3 rings (SSSR count). The zero-order chi connectivity index (χ0) is 12.7. The van der Waals surface area contributed by atoms with Crippen molar-refractivity contribution in [2.24, 2.45) is 11.8 Å². The van der Waals surface area contributed by atoms with E-state index in [4.69, 9.17) is 23.2 Å². The topological polar surface area (TPSA) is 32.3 Å². The van der Waals surface area contributed by atoms with E-state index in [-0.39, 0.29) is 18.3 Å². The minimum absolute atomic E-state index is 0. The van der Waals surface area contributed by atoms with Gasteiger partial charge in [-0.15, -0.1) is 12.4 Å².